The third-order valence-corrected chi connectivity index (χ3v) is 24.1. The molecule has 0 spiro atoms. The highest BCUT2D eigenvalue weighted by Crippen LogP contribution is 2.28. The van der Waals surface area contributed by atoms with Crippen LogP contribution in [0.15, 0.2) is 128 Å². The van der Waals surface area contributed by atoms with E-state index < -0.39 is 260 Å². The number of morpholine rings is 1. The molecule has 3 fully saturated rings. The monoisotopic (exact) mass is 1890 g/mol. The number of benzene rings is 5. The molecule has 722 valence electrons. The molecular formula is C91H113F3N16O23S. The number of phenols is 1. The van der Waals surface area contributed by atoms with Gasteiger partial charge in [0.2, 0.25) is 88.6 Å². The first kappa shape index (κ1) is 104. The fourth-order valence-corrected chi connectivity index (χ4v) is 16.6. The molecule has 43 heteroatoms. The van der Waals surface area contributed by atoms with Crippen molar-refractivity contribution < 1.29 is 124 Å². The quantitative estimate of drug-likeness (QED) is 0.0227. The molecule has 0 radical (unpaired) electrons. The summed E-state index contributed by atoms with van der Waals surface area (Å²) in [5, 5.41) is 45.4. The van der Waals surface area contributed by atoms with Crippen LogP contribution in [0.1, 0.15) is 80.7 Å². The number of nitrogens with zero attached hydrogens (tertiary/aromatic N) is 5. The summed E-state index contributed by atoms with van der Waals surface area (Å²) in [4.78, 5) is 257. The van der Waals surface area contributed by atoms with Gasteiger partial charge in [-0.15, -0.1) is 11.8 Å². The number of carbonyl (C=O) groups excluding carboxylic acids is 17. The van der Waals surface area contributed by atoms with Crippen LogP contribution in [0, 0.1) is 23.4 Å². The topological polar surface area (TPSA) is 534 Å². The van der Waals surface area contributed by atoms with Gasteiger partial charge in [0.15, 0.2) is 17.5 Å². The van der Waals surface area contributed by atoms with Crippen molar-refractivity contribution in [3.05, 3.63) is 173 Å². The zero-order chi connectivity index (χ0) is 97.6. The Morgan fingerprint density at radius 3 is 1.75 bits per heavy atom. The largest absolute Gasteiger partial charge is 0.508 e. The summed E-state index contributed by atoms with van der Waals surface area (Å²) in [5.74, 6) is -23.4. The van der Waals surface area contributed by atoms with E-state index in [-0.39, 0.29) is 82.5 Å². The molecule has 9 rings (SSSR count). The molecular weight excluding hydrogens is 1770 g/mol. The summed E-state index contributed by atoms with van der Waals surface area (Å²) in [6.07, 6.45) is -2.36. The maximum atomic E-state index is 15.7. The Labute approximate surface area is 774 Å². The zero-order valence-electron chi connectivity index (χ0n) is 74.9. The number of hydrogen-bond acceptors (Lipinski definition) is 24. The summed E-state index contributed by atoms with van der Waals surface area (Å²) in [6, 6.07) is 7.50. The van der Waals surface area contributed by atoms with Crippen molar-refractivity contribution in [1.29, 1.82) is 0 Å². The Morgan fingerprint density at radius 2 is 1.12 bits per heavy atom. The minimum Gasteiger partial charge on any atom is -0.508 e. The average Bonchev–Trinajstić information content (AvgIpc) is 1.58. The van der Waals surface area contributed by atoms with Crippen molar-refractivity contribution in [2.24, 2.45) is 11.7 Å². The number of methoxy groups -OCH3 is 1. The number of primary amides is 1. The van der Waals surface area contributed by atoms with Crippen LogP contribution in [0.4, 0.5) is 13.2 Å². The number of unbranched alkanes of at least 4 members (excludes halogenated alkanes) is 1. The van der Waals surface area contributed by atoms with Crippen LogP contribution < -0.4 is 53.6 Å². The van der Waals surface area contributed by atoms with Crippen LogP contribution in [-0.2, 0) is 133 Å². The molecule has 14 N–H and O–H groups in total. The number of hydrogen-bond donors (Lipinski definition) is 13. The van der Waals surface area contributed by atoms with Crippen molar-refractivity contribution >= 4 is 124 Å². The number of amides is 15. The summed E-state index contributed by atoms with van der Waals surface area (Å²) >= 11 is 0.634. The standard InChI is InChI=1S/C91H113F3N16O23S/c1-8-9-24-70-90(128)110-43-58(114)40-72(110)85(123)102-67(44-132-49-111)83(121)105-78(51(2)3)91(129)107(5)71(37-52-18-12-10-13-19-52)84(122)103-68(45-133-50-112)88(126)109-30-32-131-46-74(109)86(124)101-65(39-56-41-96-62-23-17-16-22-59(56)62)82(120)100-64(35-54-25-27-57(113)28-26-54)81(119)99-63(29-31-130-7)80(118)104-69(79(117)97-42-75(95)115)47-134-48-76(116)98-66(36-55-33-60(92)77(94)61(93)34-55)87(125)108(6)73(89(127)106(70)4)38-53-20-14-11-15-21-53/h10-23,25-28,33-34,41,49-51,58,63-74,78,96,113-114H,8-9,24,29-32,35-40,42-48H2,1-7H3,(H2,95,115)(H,97,117)(H,98,116)(H,99,119)(H,100,120)(H,101,124)(H,102,123)(H,103,122)(H,104,118)(H,105,121)/t58-,63+,64+,65+,66+,67+,68+,69+,70+,71+,72-,73+,74-,78+/m1/s1. The number of aliphatic hydroxyl groups is 1. The lowest BCUT2D eigenvalue weighted by Crippen LogP contribution is -2.64. The second kappa shape index (κ2) is 50.3. The molecule has 6 aromatic rings. The minimum atomic E-state index is -1.91. The SMILES string of the molecule is CCCC[C@H]1C(=O)N2C[C@H](O)C[C@@H]2C(=O)N[C@@H](COC=O)C(=O)N[C@@H](C(C)C)C(=O)N(C)[C@@H](Cc2ccccc2)C(=O)N[C@@H](COC=O)C(=O)N2CCOC[C@@H]2C(=O)N[C@@H](Cc2c[nH]c3ccccc23)C(=O)N[C@@H](Cc2ccc(O)cc2)C(=O)N[C@@H](CCOC)C(=O)N[C@H](C(=O)NCC(N)=O)CSCC(=O)N[C@@H](Cc2cc(F)c(F)c(F)c2)C(=O)N(C)[C@@H](Cc2ccccc2)C(=O)N1C. The second-order valence-electron chi connectivity index (χ2n) is 33.0. The number of rotatable bonds is 26. The number of likely N-dealkylation sites (N-methyl/N-ethyl adjacent to an activating group) is 3. The highest BCUT2D eigenvalue weighted by Gasteiger charge is 2.48. The predicted molar refractivity (Wildman–Crippen MR) is 476 cm³/mol. The maximum absolute atomic E-state index is 15.7. The summed E-state index contributed by atoms with van der Waals surface area (Å²) in [5.41, 5.74) is 7.26. The number of carbonyl (C=O) groups is 17. The lowest BCUT2D eigenvalue weighted by atomic mass is 9.98. The molecule has 3 aliphatic heterocycles. The summed E-state index contributed by atoms with van der Waals surface area (Å²) < 4.78 is 66.5. The van der Waals surface area contributed by atoms with Gasteiger partial charge in [-0.25, -0.2) is 13.2 Å². The molecule has 0 aliphatic carbocycles. The number of para-hydroxylation sites is 1. The van der Waals surface area contributed by atoms with E-state index in [4.69, 9.17) is 24.7 Å². The second-order valence-corrected chi connectivity index (χ2v) is 34.0. The van der Waals surface area contributed by atoms with Gasteiger partial charge in [-0.2, -0.15) is 0 Å². The van der Waals surface area contributed by atoms with Crippen LogP contribution in [-0.4, -0.2) is 318 Å². The Balaban J connectivity index is 1.14. The van der Waals surface area contributed by atoms with E-state index in [0.29, 0.717) is 63.5 Å². The molecule has 5 aromatic carbocycles. The molecule has 0 saturated carbocycles. The number of ether oxygens (including phenoxy) is 4. The number of nitrogens with two attached hydrogens (primary N) is 1. The first-order chi connectivity index (χ1) is 64.0. The Hall–Kier alpha value is -13.6. The van der Waals surface area contributed by atoms with E-state index in [9.17, 15) is 53.0 Å². The molecule has 134 heavy (non-hydrogen) atoms. The van der Waals surface area contributed by atoms with Gasteiger partial charge in [-0.3, -0.25) is 81.5 Å². The van der Waals surface area contributed by atoms with Gasteiger partial charge in [0.25, 0.3) is 12.9 Å². The molecule has 3 aliphatic rings. The molecule has 0 bridgehead atoms. The van der Waals surface area contributed by atoms with Crippen molar-refractivity contribution in [2.45, 2.75) is 170 Å². The zero-order valence-corrected chi connectivity index (χ0v) is 75.7. The van der Waals surface area contributed by atoms with E-state index in [1.54, 1.807) is 98.0 Å². The normalized spacial score (nSPS) is 24.0. The fraction of sp³-hybridized carbons (Fsp3) is 0.462. The predicted octanol–water partition coefficient (Wildman–Crippen LogP) is -1.07. The van der Waals surface area contributed by atoms with Gasteiger partial charge in [0.1, 0.15) is 97.5 Å². The molecule has 1 aromatic heterocycles. The van der Waals surface area contributed by atoms with Crippen LogP contribution in [0.2, 0.25) is 0 Å². The van der Waals surface area contributed by atoms with Gasteiger partial charge < -0.3 is 112 Å². The third-order valence-electron chi connectivity index (χ3n) is 23.1. The van der Waals surface area contributed by atoms with Gasteiger partial charge in [0.05, 0.1) is 31.6 Å². The number of nitrogens with one attached hydrogen (secondary N) is 10. The van der Waals surface area contributed by atoms with Crippen LogP contribution >= 0.6 is 11.8 Å². The van der Waals surface area contributed by atoms with E-state index >= 15 is 51.9 Å². The lowest BCUT2D eigenvalue weighted by Gasteiger charge is -2.38. The first-order valence-electron chi connectivity index (χ1n) is 43.4. The Bertz CT molecular complexity index is 5140. The van der Waals surface area contributed by atoms with E-state index in [1.807, 2.05) is 0 Å². The molecule has 3 saturated heterocycles. The molecule has 4 heterocycles. The van der Waals surface area contributed by atoms with E-state index in [2.05, 4.69) is 52.8 Å². The molecule has 14 atom stereocenters. The number of H-pyrrole nitrogens is 1. The maximum Gasteiger partial charge on any atom is 0.293 e. The number of aromatic hydroxyl groups is 1. The van der Waals surface area contributed by atoms with Gasteiger partial charge in [-0.05, 0) is 76.9 Å². The Morgan fingerprint density at radius 1 is 0.575 bits per heavy atom. The van der Waals surface area contributed by atoms with Crippen LogP contribution in [0.25, 0.3) is 10.9 Å². The highest BCUT2D eigenvalue weighted by atomic mass is 32.2. The molecule has 0 unspecified atom stereocenters. The number of aromatic nitrogens is 1. The van der Waals surface area contributed by atoms with Crippen LogP contribution in [0.5, 0.6) is 5.75 Å². The van der Waals surface area contributed by atoms with Crippen molar-refractivity contribution in [3.63, 3.8) is 0 Å². The number of aliphatic hydroxyl groups excluding tert-OH is 1. The average molecular weight is 1890 g/mol. The van der Waals surface area contributed by atoms with E-state index in [1.165, 1.54) is 59.3 Å². The summed E-state index contributed by atoms with van der Waals surface area (Å²) in [6.45, 7) is 0.227. The number of phenolic OH excluding ortho intramolecular Hbond substituents is 1. The highest BCUT2D eigenvalue weighted by molar-refractivity contribution is 8.00. The number of halogens is 3. The number of thioether (sulfide) groups is 1. The number of aromatic amines is 1. The van der Waals surface area contributed by atoms with Crippen molar-refractivity contribution in [1.82, 2.24) is 77.3 Å². The Kier molecular flexibility index (Phi) is 39.1. The van der Waals surface area contributed by atoms with Gasteiger partial charge >= 0.3 is 0 Å². The van der Waals surface area contributed by atoms with Gasteiger partial charge in [-0.1, -0.05) is 125 Å². The summed E-state index contributed by atoms with van der Waals surface area (Å²) in [7, 11) is 4.88. The fourth-order valence-electron chi connectivity index (χ4n) is 15.8. The van der Waals surface area contributed by atoms with Crippen molar-refractivity contribution in [3.8, 4) is 5.75 Å². The van der Waals surface area contributed by atoms with Crippen LogP contribution in [0.3, 0.4) is 0 Å². The molecule has 15 amide bonds. The van der Waals surface area contributed by atoms with Crippen molar-refractivity contribution in [2.75, 3.05) is 92.4 Å². The van der Waals surface area contributed by atoms with Gasteiger partial charge in [0, 0.05) is 109 Å². The smallest absolute Gasteiger partial charge is 0.293 e. The molecule has 39 nitrogen and oxygen atoms in total. The number of fused-ring (bicyclic) bond motifs is 3. The third kappa shape index (κ3) is 28.7. The van der Waals surface area contributed by atoms with E-state index in [0.717, 1.165) is 31.5 Å². The lowest BCUT2D eigenvalue weighted by molar-refractivity contribution is -0.154. The first-order valence-corrected chi connectivity index (χ1v) is 44.6. The minimum absolute atomic E-state index is 0.0132.